The number of Topliss-reactive ketones (excluding diaryl/α,β-unsaturated/α-hetero) is 1. The second-order valence-electron chi connectivity index (χ2n) is 11.3. The van der Waals surface area contributed by atoms with E-state index in [1.807, 2.05) is 20.8 Å². The number of hydrogen-bond acceptors (Lipinski definition) is 5. The Morgan fingerprint density at radius 1 is 1.32 bits per heavy atom. The summed E-state index contributed by atoms with van der Waals surface area (Å²) in [5.74, 6) is 0.0331. The summed E-state index contributed by atoms with van der Waals surface area (Å²) >= 11 is 0. The van der Waals surface area contributed by atoms with E-state index >= 15 is 0 Å². The Morgan fingerprint density at radius 2 is 1.97 bits per heavy atom. The van der Waals surface area contributed by atoms with E-state index in [1.165, 1.54) is 0 Å². The Kier molecular flexibility index (Phi) is 6.25. The lowest BCUT2D eigenvalue weighted by molar-refractivity contribution is -0.194. The molecule has 0 unspecified atom stereocenters. The minimum absolute atomic E-state index is 0.0725. The lowest BCUT2D eigenvalue weighted by atomic mass is 9.44. The molecule has 2 bridgehead atoms. The first-order chi connectivity index (χ1) is 14.3. The maximum atomic E-state index is 13.4. The van der Waals surface area contributed by atoms with E-state index in [2.05, 4.69) is 33.9 Å². The highest BCUT2D eigenvalue weighted by Crippen LogP contribution is 2.68. The zero-order valence-electron chi connectivity index (χ0n) is 20.1. The number of ketones is 1. The fourth-order valence-electron chi connectivity index (χ4n) is 6.87. The number of allylic oxidation sites excluding steroid dienone is 1. The Balaban J connectivity index is 2.10. The van der Waals surface area contributed by atoms with E-state index < -0.39 is 34.6 Å². The van der Waals surface area contributed by atoms with E-state index in [1.54, 1.807) is 6.08 Å². The van der Waals surface area contributed by atoms with Crippen LogP contribution in [0.15, 0.2) is 24.8 Å². The molecule has 3 aliphatic carbocycles. The molecule has 3 rings (SSSR count). The third-order valence-corrected chi connectivity index (χ3v) is 9.04. The molecule has 3 saturated carbocycles. The predicted molar refractivity (Wildman–Crippen MR) is 120 cm³/mol. The van der Waals surface area contributed by atoms with Gasteiger partial charge >= 0.3 is 6.16 Å². The van der Waals surface area contributed by atoms with E-state index in [4.69, 9.17) is 9.47 Å². The lowest BCUT2D eigenvalue weighted by Gasteiger charge is -2.61. The van der Waals surface area contributed by atoms with E-state index in [0.717, 1.165) is 12.8 Å². The average Bonchev–Trinajstić information content (AvgIpc) is 2.98. The monoisotopic (exact) mass is 432 g/mol. The summed E-state index contributed by atoms with van der Waals surface area (Å²) in [7, 11) is 0. The summed E-state index contributed by atoms with van der Waals surface area (Å²) in [4.78, 5) is 26.1. The molecule has 0 amide bonds. The summed E-state index contributed by atoms with van der Waals surface area (Å²) in [6, 6.07) is 0. The van der Waals surface area contributed by atoms with Gasteiger partial charge in [-0.1, -0.05) is 54.2 Å². The van der Waals surface area contributed by atoms with Crippen LogP contribution in [0.4, 0.5) is 4.79 Å². The highest BCUT2D eigenvalue weighted by Gasteiger charge is 2.69. The van der Waals surface area contributed by atoms with Gasteiger partial charge in [-0.3, -0.25) is 4.79 Å². The van der Waals surface area contributed by atoms with Crippen molar-refractivity contribution in [3.05, 3.63) is 24.8 Å². The summed E-state index contributed by atoms with van der Waals surface area (Å²) in [5.41, 5.74) is -0.980. The van der Waals surface area contributed by atoms with Crippen molar-refractivity contribution >= 4 is 11.9 Å². The van der Waals surface area contributed by atoms with Crippen LogP contribution in [0, 0.1) is 39.9 Å². The van der Waals surface area contributed by atoms with Crippen molar-refractivity contribution in [2.45, 2.75) is 79.4 Å². The van der Waals surface area contributed by atoms with Gasteiger partial charge in [0.25, 0.3) is 0 Å². The summed E-state index contributed by atoms with van der Waals surface area (Å²) in [6.07, 6.45) is 2.55. The predicted octanol–water partition coefficient (Wildman–Crippen LogP) is 5.33. The van der Waals surface area contributed by atoms with Crippen LogP contribution in [0.1, 0.15) is 67.2 Å². The SMILES string of the molecule is C=C[C@]1(C)C[C@@H](O)[C@]2(C)[C@H](C)CC[C@]3(CC(=C)C(=O)[C@H]32)[C@@H](C)[C@@H]1OC(=O)OCC(C)C. The van der Waals surface area contributed by atoms with Crippen molar-refractivity contribution in [3.63, 3.8) is 0 Å². The van der Waals surface area contributed by atoms with Crippen LogP contribution in [-0.4, -0.2) is 35.9 Å². The fraction of sp³-hybridized carbons (Fsp3) is 0.769. The molecule has 5 nitrogen and oxygen atoms in total. The van der Waals surface area contributed by atoms with Crippen molar-refractivity contribution < 1.29 is 24.2 Å². The third-order valence-electron chi connectivity index (χ3n) is 9.04. The molecule has 8 atom stereocenters. The zero-order chi connectivity index (χ0) is 23.4. The standard InChI is InChI=1S/C26H40O5/c1-9-24(7)13-19(27)25(8)17(5)10-11-26(12-16(4)20(28)21(25)26)18(6)22(24)31-23(29)30-14-15(2)3/h9,15,17-19,21-22,27H,1,4,10-14H2,2-3,5-8H3/t17-,18+,19-,21+,22+,24-,25+,26+/m1/s1. The van der Waals surface area contributed by atoms with Gasteiger partial charge in [-0.2, -0.15) is 0 Å². The lowest BCUT2D eigenvalue weighted by Crippen LogP contribution is -2.62. The number of carbonyl (C=O) groups excluding carboxylic acids is 2. The van der Waals surface area contributed by atoms with Crippen LogP contribution < -0.4 is 0 Å². The quantitative estimate of drug-likeness (QED) is 0.369. The molecule has 0 aliphatic heterocycles. The van der Waals surface area contributed by atoms with Gasteiger partial charge in [0.15, 0.2) is 5.78 Å². The molecular weight excluding hydrogens is 392 g/mol. The molecule has 174 valence electrons. The number of ether oxygens (including phenoxy) is 2. The summed E-state index contributed by atoms with van der Waals surface area (Å²) < 4.78 is 11.3. The molecule has 3 aliphatic rings. The Labute approximate surface area is 187 Å². The van der Waals surface area contributed by atoms with Gasteiger partial charge in [0.1, 0.15) is 6.10 Å². The van der Waals surface area contributed by atoms with Gasteiger partial charge in [0.05, 0.1) is 12.7 Å². The Bertz CT molecular complexity index is 772. The van der Waals surface area contributed by atoms with Crippen molar-refractivity contribution in [1.29, 1.82) is 0 Å². The first-order valence-corrected chi connectivity index (χ1v) is 11.7. The number of carbonyl (C=O) groups is 2. The number of aliphatic hydroxyl groups excluding tert-OH is 1. The van der Waals surface area contributed by atoms with Gasteiger partial charge < -0.3 is 14.6 Å². The van der Waals surface area contributed by atoms with Crippen LogP contribution in [0.2, 0.25) is 0 Å². The number of aliphatic hydroxyl groups is 1. The van der Waals surface area contributed by atoms with Crippen LogP contribution in [0.3, 0.4) is 0 Å². The molecular formula is C26H40O5. The molecule has 1 N–H and O–H groups in total. The smallest absolute Gasteiger partial charge is 0.434 e. The van der Waals surface area contributed by atoms with Crippen molar-refractivity contribution in [2.24, 2.45) is 39.9 Å². The van der Waals surface area contributed by atoms with Crippen molar-refractivity contribution in [2.75, 3.05) is 6.61 Å². The molecule has 0 spiro atoms. The molecule has 0 aromatic rings. The van der Waals surface area contributed by atoms with Crippen LogP contribution in [0.25, 0.3) is 0 Å². The van der Waals surface area contributed by atoms with Gasteiger partial charge in [-0.25, -0.2) is 4.79 Å². The molecule has 0 saturated heterocycles. The van der Waals surface area contributed by atoms with Gasteiger partial charge in [0.2, 0.25) is 0 Å². The molecule has 0 heterocycles. The maximum absolute atomic E-state index is 13.4. The second kappa shape index (κ2) is 8.06. The summed E-state index contributed by atoms with van der Waals surface area (Å²) in [6.45, 7) is 20.7. The molecule has 31 heavy (non-hydrogen) atoms. The average molecular weight is 433 g/mol. The van der Waals surface area contributed by atoms with Crippen LogP contribution >= 0.6 is 0 Å². The minimum Gasteiger partial charge on any atom is -0.434 e. The maximum Gasteiger partial charge on any atom is 0.508 e. The third kappa shape index (κ3) is 3.57. The van der Waals surface area contributed by atoms with Gasteiger partial charge in [-0.05, 0) is 48.5 Å². The minimum atomic E-state index is -0.727. The molecule has 3 fully saturated rings. The highest BCUT2D eigenvalue weighted by atomic mass is 16.7. The normalized spacial score (nSPS) is 45.0. The van der Waals surface area contributed by atoms with Crippen molar-refractivity contribution in [3.8, 4) is 0 Å². The van der Waals surface area contributed by atoms with Gasteiger partial charge in [0, 0.05) is 22.7 Å². The largest absolute Gasteiger partial charge is 0.508 e. The van der Waals surface area contributed by atoms with Crippen LogP contribution in [0.5, 0.6) is 0 Å². The van der Waals surface area contributed by atoms with Gasteiger partial charge in [-0.15, -0.1) is 6.58 Å². The summed E-state index contributed by atoms with van der Waals surface area (Å²) in [5, 5.41) is 11.6. The van der Waals surface area contributed by atoms with E-state index in [-0.39, 0.29) is 36.1 Å². The molecule has 5 heteroatoms. The van der Waals surface area contributed by atoms with Crippen LogP contribution in [-0.2, 0) is 14.3 Å². The topological polar surface area (TPSA) is 72.8 Å². The Hall–Kier alpha value is -1.62. The van der Waals surface area contributed by atoms with E-state index in [9.17, 15) is 14.7 Å². The second-order valence-corrected chi connectivity index (χ2v) is 11.3. The molecule has 0 aromatic carbocycles. The number of rotatable bonds is 4. The highest BCUT2D eigenvalue weighted by molar-refractivity contribution is 6.00. The van der Waals surface area contributed by atoms with Crippen molar-refractivity contribution in [1.82, 2.24) is 0 Å². The Morgan fingerprint density at radius 3 is 2.55 bits per heavy atom. The van der Waals surface area contributed by atoms with E-state index in [0.29, 0.717) is 18.4 Å². The first kappa shape index (κ1) is 24.0. The first-order valence-electron chi connectivity index (χ1n) is 11.7. The molecule has 0 aromatic heterocycles. The molecule has 0 radical (unpaired) electrons. The zero-order valence-corrected chi connectivity index (χ0v) is 20.1. The fourth-order valence-corrected chi connectivity index (χ4v) is 6.87. The number of hydrogen-bond donors (Lipinski definition) is 1.